The number of Topliss-reactive ketones (excluding diaryl/α,β-unsaturated/α-hetero) is 1. The number of benzene rings is 2. The molecule has 0 saturated carbocycles. The molecule has 0 aliphatic rings. The molecule has 3 nitrogen and oxygen atoms in total. The van der Waals surface area contributed by atoms with Crippen LogP contribution in [0.4, 0.5) is 4.39 Å². The molecule has 2 rings (SSSR count). The van der Waals surface area contributed by atoms with Gasteiger partial charge in [-0.05, 0) is 47.9 Å². The summed E-state index contributed by atoms with van der Waals surface area (Å²) >= 11 is 0. The maximum atomic E-state index is 12.9. The fraction of sp³-hybridized carbons (Fsp3) is 0.158. The molecule has 0 amide bonds. The van der Waals surface area contributed by atoms with Crippen molar-refractivity contribution in [3.05, 3.63) is 66.0 Å². The van der Waals surface area contributed by atoms with Crippen LogP contribution >= 0.6 is 0 Å². The first-order valence-corrected chi connectivity index (χ1v) is 7.23. The molecular formula is C19H19FO3. The van der Waals surface area contributed by atoms with E-state index in [1.165, 1.54) is 18.2 Å². The Bertz CT molecular complexity index is 731. The molecule has 2 aromatic carbocycles. The Labute approximate surface area is 135 Å². The van der Waals surface area contributed by atoms with E-state index in [2.05, 4.69) is 6.58 Å². The van der Waals surface area contributed by atoms with Crippen molar-refractivity contribution in [2.75, 3.05) is 0 Å². The fourth-order valence-electron chi connectivity index (χ4n) is 2.03. The van der Waals surface area contributed by atoms with E-state index in [0.29, 0.717) is 11.1 Å². The standard InChI is InChI=1S/C17H13FO3.C2H6/c1-10(2)15-9-12(11-3-6-13(18)7-4-11)5-8-14(15)16(19)17(20)21;1-2/h3-9H,1H2,2H3,(H,20,21);1-2H3. The Morgan fingerprint density at radius 3 is 1.96 bits per heavy atom. The lowest BCUT2D eigenvalue weighted by atomic mass is 9.94. The van der Waals surface area contributed by atoms with Gasteiger partial charge in [-0.2, -0.15) is 0 Å². The van der Waals surface area contributed by atoms with Gasteiger partial charge in [-0.3, -0.25) is 4.79 Å². The third-order valence-electron chi connectivity index (χ3n) is 3.10. The molecule has 120 valence electrons. The number of halogens is 1. The minimum absolute atomic E-state index is 0.0980. The summed E-state index contributed by atoms with van der Waals surface area (Å²) in [6.45, 7) is 9.47. The summed E-state index contributed by atoms with van der Waals surface area (Å²) < 4.78 is 12.9. The molecule has 0 aromatic heterocycles. The van der Waals surface area contributed by atoms with Gasteiger partial charge in [-0.1, -0.05) is 44.2 Å². The number of carbonyl (C=O) groups excluding carboxylic acids is 1. The van der Waals surface area contributed by atoms with Crippen molar-refractivity contribution in [1.82, 2.24) is 0 Å². The topological polar surface area (TPSA) is 54.4 Å². The Kier molecular flexibility index (Phi) is 6.39. The highest BCUT2D eigenvalue weighted by atomic mass is 19.1. The van der Waals surface area contributed by atoms with Crippen LogP contribution in [0.25, 0.3) is 16.7 Å². The van der Waals surface area contributed by atoms with Crippen molar-refractivity contribution < 1.29 is 19.1 Å². The third-order valence-corrected chi connectivity index (χ3v) is 3.10. The van der Waals surface area contributed by atoms with E-state index >= 15 is 0 Å². The summed E-state index contributed by atoms with van der Waals surface area (Å²) in [5.41, 5.74) is 2.69. The van der Waals surface area contributed by atoms with Crippen molar-refractivity contribution >= 4 is 17.3 Å². The van der Waals surface area contributed by atoms with Crippen LogP contribution in [-0.4, -0.2) is 16.9 Å². The Balaban J connectivity index is 0.00000127. The molecule has 2 aromatic rings. The van der Waals surface area contributed by atoms with E-state index in [1.54, 1.807) is 31.2 Å². The normalized spacial score (nSPS) is 9.57. The molecule has 0 aliphatic carbocycles. The number of aliphatic carboxylic acids is 1. The van der Waals surface area contributed by atoms with Crippen molar-refractivity contribution in [2.45, 2.75) is 20.8 Å². The van der Waals surface area contributed by atoms with Crippen molar-refractivity contribution in [1.29, 1.82) is 0 Å². The van der Waals surface area contributed by atoms with Crippen molar-refractivity contribution in [2.24, 2.45) is 0 Å². The predicted molar refractivity (Wildman–Crippen MR) is 89.9 cm³/mol. The fourth-order valence-corrected chi connectivity index (χ4v) is 2.03. The molecule has 0 bridgehead atoms. The van der Waals surface area contributed by atoms with Gasteiger partial charge in [0.1, 0.15) is 5.82 Å². The van der Waals surface area contributed by atoms with Gasteiger partial charge in [0.05, 0.1) is 0 Å². The highest BCUT2D eigenvalue weighted by molar-refractivity contribution is 6.40. The van der Waals surface area contributed by atoms with E-state index in [1.807, 2.05) is 13.8 Å². The van der Waals surface area contributed by atoms with Gasteiger partial charge >= 0.3 is 5.97 Å². The van der Waals surface area contributed by atoms with E-state index in [-0.39, 0.29) is 11.4 Å². The third kappa shape index (κ3) is 4.36. The number of carboxylic acid groups (broad SMARTS) is 1. The molecule has 0 fully saturated rings. The number of carbonyl (C=O) groups is 2. The van der Waals surface area contributed by atoms with Gasteiger partial charge < -0.3 is 5.11 Å². The van der Waals surface area contributed by atoms with Gasteiger partial charge in [-0.25, -0.2) is 9.18 Å². The molecule has 0 unspecified atom stereocenters. The Hall–Kier alpha value is -2.75. The first-order valence-electron chi connectivity index (χ1n) is 7.23. The summed E-state index contributed by atoms with van der Waals surface area (Å²) in [5, 5.41) is 8.84. The van der Waals surface area contributed by atoms with E-state index in [0.717, 1.165) is 11.1 Å². The summed E-state index contributed by atoms with van der Waals surface area (Å²) in [6.07, 6.45) is 0. The molecule has 0 atom stereocenters. The summed E-state index contributed by atoms with van der Waals surface area (Å²) in [7, 11) is 0. The maximum Gasteiger partial charge on any atom is 0.377 e. The number of carboxylic acids is 1. The Morgan fingerprint density at radius 2 is 1.48 bits per heavy atom. The summed E-state index contributed by atoms with van der Waals surface area (Å²) in [5.74, 6) is -2.82. The summed E-state index contributed by atoms with van der Waals surface area (Å²) in [4.78, 5) is 22.5. The zero-order valence-electron chi connectivity index (χ0n) is 13.4. The predicted octanol–water partition coefficient (Wildman–Crippen LogP) is 4.82. The van der Waals surface area contributed by atoms with Gasteiger partial charge in [0.25, 0.3) is 5.78 Å². The average molecular weight is 314 g/mol. The number of allylic oxidation sites excluding steroid dienone is 1. The van der Waals surface area contributed by atoms with Gasteiger partial charge in [0, 0.05) is 5.56 Å². The van der Waals surface area contributed by atoms with Gasteiger partial charge in [0.15, 0.2) is 0 Å². The lowest BCUT2D eigenvalue weighted by molar-refractivity contribution is -0.131. The zero-order chi connectivity index (χ0) is 17.6. The first-order chi connectivity index (χ1) is 10.9. The molecule has 23 heavy (non-hydrogen) atoms. The zero-order valence-corrected chi connectivity index (χ0v) is 13.4. The van der Waals surface area contributed by atoms with Crippen LogP contribution in [-0.2, 0) is 4.79 Å². The smallest absolute Gasteiger partial charge is 0.377 e. The highest BCUT2D eigenvalue weighted by Gasteiger charge is 2.19. The van der Waals surface area contributed by atoms with Gasteiger partial charge in [-0.15, -0.1) is 0 Å². The van der Waals surface area contributed by atoms with Gasteiger partial charge in [0.2, 0.25) is 0 Å². The molecule has 0 radical (unpaired) electrons. The highest BCUT2D eigenvalue weighted by Crippen LogP contribution is 2.26. The van der Waals surface area contributed by atoms with Crippen LogP contribution in [0.1, 0.15) is 36.7 Å². The van der Waals surface area contributed by atoms with Crippen molar-refractivity contribution in [3.63, 3.8) is 0 Å². The number of rotatable bonds is 4. The molecule has 0 heterocycles. The van der Waals surface area contributed by atoms with Crippen LogP contribution in [0.2, 0.25) is 0 Å². The number of hydrogen-bond acceptors (Lipinski definition) is 2. The first kappa shape index (κ1) is 18.3. The minimum Gasteiger partial charge on any atom is -0.475 e. The van der Waals surface area contributed by atoms with Crippen LogP contribution < -0.4 is 0 Å². The molecule has 0 spiro atoms. The second-order valence-electron chi connectivity index (χ2n) is 4.68. The molecular weight excluding hydrogens is 295 g/mol. The van der Waals surface area contributed by atoms with E-state index in [4.69, 9.17) is 5.11 Å². The number of hydrogen-bond donors (Lipinski definition) is 1. The largest absolute Gasteiger partial charge is 0.475 e. The quantitative estimate of drug-likeness (QED) is 0.650. The van der Waals surface area contributed by atoms with E-state index in [9.17, 15) is 14.0 Å². The average Bonchev–Trinajstić information content (AvgIpc) is 2.56. The monoisotopic (exact) mass is 314 g/mol. The Morgan fingerprint density at radius 1 is 0.957 bits per heavy atom. The van der Waals surface area contributed by atoms with Crippen LogP contribution in [0.3, 0.4) is 0 Å². The van der Waals surface area contributed by atoms with Crippen LogP contribution in [0, 0.1) is 5.82 Å². The second kappa shape index (κ2) is 8.03. The molecule has 4 heteroatoms. The van der Waals surface area contributed by atoms with E-state index < -0.39 is 11.8 Å². The maximum absolute atomic E-state index is 12.9. The molecule has 1 N–H and O–H groups in total. The summed E-state index contributed by atoms with van der Waals surface area (Å²) in [6, 6.07) is 10.7. The molecule has 0 saturated heterocycles. The second-order valence-corrected chi connectivity index (χ2v) is 4.68. The van der Waals surface area contributed by atoms with Crippen LogP contribution in [0.15, 0.2) is 49.0 Å². The SMILES string of the molecule is C=C(C)c1cc(-c2ccc(F)cc2)ccc1C(=O)C(=O)O.CC. The van der Waals surface area contributed by atoms with Crippen LogP contribution in [0.5, 0.6) is 0 Å². The lowest BCUT2D eigenvalue weighted by Crippen LogP contribution is -2.14. The minimum atomic E-state index is -1.51. The molecule has 0 aliphatic heterocycles. The number of ketones is 1. The lowest BCUT2D eigenvalue weighted by Gasteiger charge is -2.10. The van der Waals surface area contributed by atoms with Crippen molar-refractivity contribution in [3.8, 4) is 11.1 Å².